The second-order valence-electron chi connectivity index (χ2n) is 9.35. The second kappa shape index (κ2) is 11.8. The summed E-state index contributed by atoms with van der Waals surface area (Å²) in [7, 11) is 0. The fourth-order valence-corrected chi connectivity index (χ4v) is 4.01. The Bertz CT molecular complexity index is 839. The van der Waals surface area contributed by atoms with Crippen molar-refractivity contribution in [1.82, 2.24) is 0 Å². The van der Waals surface area contributed by atoms with Crippen molar-refractivity contribution in [3.63, 3.8) is 0 Å². The number of hydrogen-bond acceptors (Lipinski definition) is 5. The van der Waals surface area contributed by atoms with E-state index in [0.29, 0.717) is 6.42 Å². The van der Waals surface area contributed by atoms with Crippen molar-refractivity contribution in [3.05, 3.63) is 71.8 Å². The van der Waals surface area contributed by atoms with Gasteiger partial charge in [0.1, 0.15) is 5.60 Å². The fourth-order valence-electron chi connectivity index (χ4n) is 4.01. The Hall–Kier alpha value is -2.66. The van der Waals surface area contributed by atoms with E-state index in [-0.39, 0.29) is 37.0 Å². The van der Waals surface area contributed by atoms with Gasteiger partial charge >= 0.3 is 11.9 Å². The highest BCUT2D eigenvalue weighted by Gasteiger charge is 2.40. The summed E-state index contributed by atoms with van der Waals surface area (Å²) in [6, 6.07) is 19.2. The van der Waals surface area contributed by atoms with E-state index < -0.39 is 17.4 Å². The van der Waals surface area contributed by atoms with Crippen LogP contribution < -0.4 is 0 Å². The second-order valence-corrected chi connectivity index (χ2v) is 9.35. The zero-order valence-corrected chi connectivity index (χ0v) is 19.8. The molecule has 32 heavy (non-hydrogen) atoms. The molecule has 2 rings (SSSR count). The van der Waals surface area contributed by atoms with Crippen LogP contribution in [0.3, 0.4) is 0 Å². The van der Waals surface area contributed by atoms with Crippen LogP contribution in [-0.4, -0.2) is 35.4 Å². The monoisotopic (exact) mass is 440 g/mol. The molecule has 0 unspecified atom stereocenters. The molecular formula is C27H36O5. The molecule has 0 aliphatic heterocycles. The van der Waals surface area contributed by atoms with Crippen molar-refractivity contribution in [2.45, 2.75) is 71.0 Å². The maximum atomic E-state index is 13.6. The summed E-state index contributed by atoms with van der Waals surface area (Å²) in [5.74, 6) is -2.21. The van der Waals surface area contributed by atoms with Gasteiger partial charge in [0.2, 0.25) is 0 Å². The van der Waals surface area contributed by atoms with Crippen LogP contribution in [-0.2, 0) is 19.1 Å². The van der Waals surface area contributed by atoms with Gasteiger partial charge in [0.25, 0.3) is 0 Å². The SMILES string of the molecule is CC(C)OC(=O)C[C@H](c1ccccc1)[C@H](C(=O)OC(C)(C)C)[C@H](CCO)c1ccccc1. The highest BCUT2D eigenvalue weighted by Crippen LogP contribution is 2.42. The van der Waals surface area contributed by atoms with Crippen LogP contribution in [0.25, 0.3) is 0 Å². The Balaban J connectivity index is 2.59. The van der Waals surface area contributed by atoms with Gasteiger partial charge in [0.05, 0.1) is 18.4 Å². The van der Waals surface area contributed by atoms with E-state index >= 15 is 0 Å². The van der Waals surface area contributed by atoms with Gasteiger partial charge in [0.15, 0.2) is 0 Å². The smallest absolute Gasteiger partial charge is 0.310 e. The molecule has 0 fully saturated rings. The first kappa shape index (κ1) is 25.6. The van der Waals surface area contributed by atoms with Crippen LogP contribution in [0.15, 0.2) is 60.7 Å². The maximum Gasteiger partial charge on any atom is 0.310 e. The number of carbonyl (C=O) groups is 2. The van der Waals surface area contributed by atoms with Crippen molar-refractivity contribution in [1.29, 1.82) is 0 Å². The molecule has 174 valence electrons. The number of rotatable bonds is 10. The zero-order chi connectivity index (χ0) is 23.7. The summed E-state index contributed by atoms with van der Waals surface area (Å²) in [6.07, 6.45) is 0.165. The first-order valence-corrected chi connectivity index (χ1v) is 11.3. The first-order valence-electron chi connectivity index (χ1n) is 11.3. The Kier molecular flexibility index (Phi) is 9.45. The van der Waals surface area contributed by atoms with E-state index in [1.165, 1.54) is 0 Å². The number of hydrogen-bond donors (Lipinski definition) is 1. The van der Waals surface area contributed by atoms with Crippen molar-refractivity contribution >= 4 is 11.9 Å². The molecule has 0 spiro atoms. The van der Waals surface area contributed by atoms with Gasteiger partial charge in [-0.25, -0.2) is 0 Å². The van der Waals surface area contributed by atoms with Crippen LogP contribution in [0.2, 0.25) is 0 Å². The molecule has 0 aromatic heterocycles. The average molecular weight is 441 g/mol. The summed E-state index contributed by atoms with van der Waals surface area (Å²) >= 11 is 0. The summed E-state index contributed by atoms with van der Waals surface area (Å²) in [5, 5.41) is 9.87. The third-order valence-electron chi connectivity index (χ3n) is 5.20. The van der Waals surface area contributed by atoms with Crippen LogP contribution in [0.1, 0.15) is 70.4 Å². The standard InChI is InChI=1S/C27H36O5/c1-19(2)31-24(29)18-23(21-14-10-7-11-15-21)25(26(30)32-27(3,4)5)22(16-17-28)20-12-8-6-9-13-20/h6-15,19,22-23,25,28H,16-18H2,1-5H3/t22-,23-,25-/m1/s1. The van der Waals surface area contributed by atoms with Crippen molar-refractivity contribution < 1.29 is 24.2 Å². The van der Waals surface area contributed by atoms with Crippen LogP contribution >= 0.6 is 0 Å². The minimum atomic E-state index is -0.685. The van der Waals surface area contributed by atoms with E-state index in [1.807, 2.05) is 81.4 Å². The molecule has 0 saturated carbocycles. The van der Waals surface area contributed by atoms with Gasteiger partial charge in [0, 0.05) is 12.5 Å². The molecule has 5 nitrogen and oxygen atoms in total. The van der Waals surface area contributed by atoms with Crippen molar-refractivity contribution in [3.8, 4) is 0 Å². The third kappa shape index (κ3) is 7.79. The molecule has 0 radical (unpaired) electrons. The fraction of sp³-hybridized carbons (Fsp3) is 0.481. The highest BCUT2D eigenvalue weighted by molar-refractivity contribution is 5.78. The minimum Gasteiger partial charge on any atom is -0.463 e. The lowest BCUT2D eigenvalue weighted by Crippen LogP contribution is -2.36. The largest absolute Gasteiger partial charge is 0.463 e. The molecule has 0 amide bonds. The number of ether oxygens (including phenoxy) is 2. The number of carbonyl (C=O) groups excluding carboxylic acids is 2. The quantitative estimate of drug-likeness (QED) is 0.512. The minimum absolute atomic E-state index is 0.0425. The molecular weight excluding hydrogens is 404 g/mol. The number of aliphatic hydroxyl groups excluding tert-OH is 1. The molecule has 0 aliphatic rings. The molecule has 2 aromatic carbocycles. The predicted molar refractivity (Wildman–Crippen MR) is 125 cm³/mol. The lowest BCUT2D eigenvalue weighted by atomic mass is 9.72. The summed E-state index contributed by atoms with van der Waals surface area (Å²) in [4.78, 5) is 26.4. The van der Waals surface area contributed by atoms with Crippen LogP contribution in [0.4, 0.5) is 0 Å². The summed E-state index contributed by atoms with van der Waals surface area (Å²) < 4.78 is 11.3. The number of benzene rings is 2. The number of aliphatic hydroxyl groups is 1. The molecule has 0 saturated heterocycles. The van der Waals surface area contributed by atoms with Gasteiger partial charge in [-0.3, -0.25) is 9.59 Å². The third-order valence-corrected chi connectivity index (χ3v) is 5.20. The topological polar surface area (TPSA) is 72.8 Å². The van der Waals surface area contributed by atoms with Gasteiger partial charge in [-0.05, 0) is 58.1 Å². The molecule has 0 aliphatic carbocycles. The maximum absolute atomic E-state index is 13.6. The van der Waals surface area contributed by atoms with E-state index in [1.54, 1.807) is 13.8 Å². The van der Waals surface area contributed by atoms with Crippen LogP contribution in [0, 0.1) is 5.92 Å². The Labute approximate surface area is 191 Å². The molecule has 3 atom stereocenters. The summed E-state index contributed by atoms with van der Waals surface area (Å²) in [6.45, 7) is 9.01. The molecule has 1 N–H and O–H groups in total. The molecule has 0 bridgehead atoms. The zero-order valence-electron chi connectivity index (χ0n) is 19.8. The molecule has 0 heterocycles. The lowest BCUT2D eigenvalue weighted by Gasteiger charge is -2.34. The van der Waals surface area contributed by atoms with Gasteiger partial charge < -0.3 is 14.6 Å². The van der Waals surface area contributed by atoms with E-state index in [4.69, 9.17) is 9.47 Å². The van der Waals surface area contributed by atoms with Gasteiger partial charge in [-0.15, -0.1) is 0 Å². The molecule has 2 aromatic rings. The van der Waals surface area contributed by atoms with E-state index in [9.17, 15) is 14.7 Å². The lowest BCUT2D eigenvalue weighted by molar-refractivity contribution is -0.162. The number of esters is 2. The van der Waals surface area contributed by atoms with Crippen molar-refractivity contribution in [2.24, 2.45) is 5.92 Å². The highest BCUT2D eigenvalue weighted by atomic mass is 16.6. The Morgan fingerprint density at radius 1 is 0.875 bits per heavy atom. The Morgan fingerprint density at radius 3 is 1.81 bits per heavy atom. The summed E-state index contributed by atoms with van der Waals surface area (Å²) in [5.41, 5.74) is 1.11. The average Bonchev–Trinajstić information content (AvgIpc) is 2.72. The Morgan fingerprint density at radius 2 is 1.38 bits per heavy atom. The first-order chi connectivity index (χ1) is 15.1. The predicted octanol–water partition coefficient (Wildman–Crippen LogP) is 5.24. The van der Waals surface area contributed by atoms with Crippen LogP contribution in [0.5, 0.6) is 0 Å². The van der Waals surface area contributed by atoms with Crippen molar-refractivity contribution in [2.75, 3.05) is 6.61 Å². The van der Waals surface area contributed by atoms with E-state index in [0.717, 1.165) is 11.1 Å². The van der Waals surface area contributed by atoms with Gasteiger partial charge in [-0.2, -0.15) is 0 Å². The van der Waals surface area contributed by atoms with E-state index in [2.05, 4.69) is 0 Å². The normalized spacial score (nSPS) is 14.5. The molecule has 5 heteroatoms. The van der Waals surface area contributed by atoms with Gasteiger partial charge in [-0.1, -0.05) is 60.7 Å².